The van der Waals surface area contributed by atoms with E-state index in [0.717, 1.165) is 6.07 Å². The molecule has 0 saturated carbocycles. The van der Waals surface area contributed by atoms with E-state index in [9.17, 15) is 13.9 Å². The Labute approximate surface area is 78.8 Å². The topological polar surface area (TPSA) is 64.2 Å². The highest BCUT2D eigenvalue weighted by Crippen LogP contribution is 2.29. The molecular weight excluding hydrogens is 192 g/mol. The third kappa shape index (κ3) is 1.98. The summed E-state index contributed by atoms with van der Waals surface area (Å²) in [6.07, 6.45) is -1.72. The Morgan fingerprint density at radius 1 is 1.43 bits per heavy atom. The fourth-order valence-electron chi connectivity index (χ4n) is 1.04. The lowest BCUT2D eigenvalue weighted by Crippen LogP contribution is -1.99. The number of hydrogen-bond donors (Lipinski definition) is 2. The van der Waals surface area contributed by atoms with Gasteiger partial charge in [0, 0.05) is 11.6 Å². The van der Waals surface area contributed by atoms with Crippen molar-refractivity contribution in [1.29, 1.82) is 5.26 Å². The molecule has 0 spiro atoms. The standard InChI is InChI=1S/C9H7F2NO2/c10-5-3-6(8(13)1-2-12)9(14)7(11)4-5/h3-4,8,13-14H,1H2. The van der Waals surface area contributed by atoms with Crippen LogP contribution in [0.2, 0.25) is 0 Å². The molecule has 74 valence electrons. The Hall–Kier alpha value is -1.67. The second-order valence-corrected chi connectivity index (χ2v) is 2.70. The molecule has 1 rings (SSSR count). The van der Waals surface area contributed by atoms with Gasteiger partial charge in [-0.2, -0.15) is 5.26 Å². The van der Waals surface area contributed by atoms with Gasteiger partial charge in [-0.15, -0.1) is 0 Å². The minimum atomic E-state index is -1.38. The van der Waals surface area contributed by atoms with E-state index in [1.54, 1.807) is 6.07 Å². The summed E-state index contributed by atoms with van der Waals surface area (Å²) in [5.74, 6) is -2.89. The number of rotatable bonds is 2. The van der Waals surface area contributed by atoms with E-state index in [0.29, 0.717) is 6.07 Å². The van der Waals surface area contributed by atoms with Crippen LogP contribution in [-0.2, 0) is 0 Å². The molecule has 0 fully saturated rings. The SMILES string of the molecule is N#CCC(O)c1cc(F)cc(F)c1O. The molecular formula is C9H7F2NO2. The van der Waals surface area contributed by atoms with Gasteiger partial charge in [-0.1, -0.05) is 0 Å². The molecule has 1 aromatic carbocycles. The van der Waals surface area contributed by atoms with Crippen molar-refractivity contribution >= 4 is 0 Å². The first-order valence-electron chi connectivity index (χ1n) is 3.79. The largest absolute Gasteiger partial charge is 0.505 e. The number of benzene rings is 1. The van der Waals surface area contributed by atoms with E-state index in [4.69, 9.17) is 10.4 Å². The van der Waals surface area contributed by atoms with Gasteiger partial charge < -0.3 is 10.2 Å². The zero-order valence-electron chi connectivity index (χ0n) is 7.04. The first kappa shape index (κ1) is 10.4. The van der Waals surface area contributed by atoms with E-state index in [2.05, 4.69) is 0 Å². The van der Waals surface area contributed by atoms with Crippen molar-refractivity contribution in [3.8, 4) is 11.8 Å². The summed E-state index contributed by atoms with van der Waals surface area (Å²) in [4.78, 5) is 0. The second kappa shape index (κ2) is 4.03. The molecule has 0 aromatic heterocycles. The fraction of sp³-hybridized carbons (Fsp3) is 0.222. The predicted octanol–water partition coefficient (Wildman–Crippen LogP) is 1.62. The maximum absolute atomic E-state index is 12.8. The van der Waals surface area contributed by atoms with Crippen LogP contribution in [0.3, 0.4) is 0 Å². The second-order valence-electron chi connectivity index (χ2n) is 2.70. The van der Waals surface area contributed by atoms with Gasteiger partial charge in [-0.05, 0) is 6.07 Å². The lowest BCUT2D eigenvalue weighted by molar-refractivity contribution is 0.177. The molecule has 0 aliphatic heterocycles. The summed E-state index contributed by atoms with van der Waals surface area (Å²) in [5.41, 5.74) is -0.316. The van der Waals surface area contributed by atoms with Crippen molar-refractivity contribution in [2.45, 2.75) is 12.5 Å². The molecule has 3 nitrogen and oxygen atoms in total. The highest BCUT2D eigenvalue weighted by molar-refractivity contribution is 5.36. The Balaban J connectivity index is 3.14. The van der Waals surface area contributed by atoms with E-state index in [1.165, 1.54) is 0 Å². The number of phenols is 1. The Morgan fingerprint density at radius 2 is 2.07 bits per heavy atom. The summed E-state index contributed by atoms with van der Waals surface area (Å²) in [5, 5.41) is 26.6. The van der Waals surface area contributed by atoms with Crippen LogP contribution in [-0.4, -0.2) is 10.2 Å². The average molecular weight is 199 g/mol. The molecule has 0 radical (unpaired) electrons. The van der Waals surface area contributed by atoms with Crippen LogP contribution in [0.15, 0.2) is 12.1 Å². The van der Waals surface area contributed by atoms with E-state index in [-0.39, 0.29) is 12.0 Å². The van der Waals surface area contributed by atoms with Crippen LogP contribution in [0.5, 0.6) is 5.75 Å². The number of nitrogens with zero attached hydrogens (tertiary/aromatic N) is 1. The lowest BCUT2D eigenvalue weighted by Gasteiger charge is -2.09. The predicted molar refractivity (Wildman–Crippen MR) is 43.2 cm³/mol. The smallest absolute Gasteiger partial charge is 0.168 e. The molecule has 2 N–H and O–H groups in total. The summed E-state index contributed by atoms with van der Waals surface area (Å²) in [7, 11) is 0. The monoisotopic (exact) mass is 199 g/mol. The molecule has 1 atom stereocenters. The summed E-state index contributed by atoms with van der Waals surface area (Å²) >= 11 is 0. The molecule has 0 heterocycles. The number of aliphatic hydroxyl groups excluding tert-OH is 1. The van der Waals surface area contributed by atoms with Crippen LogP contribution in [0.1, 0.15) is 18.1 Å². The van der Waals surface area contributed by atoms with Crippen molar-refractivity contribution < 1.29 is 19.0 Å². The van der Waals surface area contributed by atoms with Gasteiger partial charge in [-0.25, -0.2) is 8.78 Å². The van der Waals surface area contributed by atoms with Crippen LogP contribution < -0.4 is 0 Å². The highest BCUT2D eigenvalue weighted by atomic mass is 19.1. The molecule has 0 bridgehead atoms. The molecule has 1 aromatic rings. The maximum atomic E-state index is 12.8. The Morgan fingerprint density at radius 3 is 2.64 bits per heavy atom. The van der Waals surface area contributed by atoms with Gasteiger partial charge in [0.25, 0.3) is 0 Å². The molecule has 0 aliphatic carbocycles. The van der Waals surface area contributed by atoms with Gasteiger partial charge >= 0.3 is 0 Å². The Bertz CT molecular complexity index is 387. The van der Waals surface area contributed by atoms with Crippen molar-refractivity contribution in [1.82, 2.24) is 0 Å². The minimum Gasteiger partial charge on any atom is -0.505 e. The first-order valence-corrected chi connectivity index (χ1v) is 3.79. The van der Waals surface area contributed by atoms with Gasteiger partial charge in [0.15, 0.2) is 11.6 Å². The number of phenolic OH excluding ortho intramolecular Hbond substituents is 1. The fourth-order valence-corrected chi connectivity index (χ4v) is 1.04. The van der Waals surface area contributed by atoms with E-state index < -0.39 is 23.5 Å². The Kier molecular flexibility index (Phi) is 2.99. The van der Waals surface area contributed by atoms with Crippen LogP contribution in [0.4, 0.5) is 8.78 Å². The molecule has 5 heteroatoms. The minimum absolute atomic E-state index is 0.316. The number of aromatic hydroxyl groups is 1. The zero-order chi connectivity index (χ0) is 10.7. The third-order valence-electron chi connectivity index (χ3n) is 1.70. The average Bonchev–Trinajstić information content (AvgIpc) is 2.11. The molecule has 0 saturated heterocycles. The molecule has 14 heavy (non-hydrogen) atoms. The van der Waals surface area contributed by atoms with Gasteiger partial charge in [0.2, 0.25) is 0 Å². The molecule has 0 amide bonds. The number of halogens is 2. The number of nitriles is 1. The number of aliphatic hydroxyl groups is 1. The van der Waals surface area contributed by atoms with Crippen molar-refractivity contribution in [3.05, 3.63) is 29.3 Å². The summed E-state index contributed by atoms with van der Waals surface area (Å²) in [6, 6.07) is 2.92. The van der Waals surface area contributed by atoms with Crippen molar-refractivity contribution in [2.75, 3.05) is 0 Å². The van der Waals surface area contributed by atoms with Gasteiger partial charge in [0.05, 0.1) is 18.6 Å². The lowest BCUT2D eigenvalue weighted by atomic mass is 10.1. The van der Waals surface area contributed by atoms with E-state index >= 15 is 0 Å². The highest BCUT2D eigenvalue weighted by Gasteiger charge is 2.16. The normalized spacial score (nSPS) is 12.1. The van der Waals surface area contributed by atoms with Crippen LogP contribution in [0, 0.1) is 23.0 Å². The van der Waals surface area contributed by atoms with Crippen molar-refractivity contribution in [2.24, 2.45) is 0 Å². The van der Waals surface area contributed by atoms with Crippen molar-refractivity contribution in [3.63, 3.8) is 0 Å². The molecule has 0 aliphatic rings. The number of hydrogen-bond acceptors (Lipinski definition) is 3. The van der Waals surface area contributed by atoms with Crippen LogP contribution >= 0.6 is 0 Å². The third-order valence-corrected chi connectivity index (χ3v) is 1.70. The first-order chi connectivity index (χ1) is 6.56. The van der Waals surface area contributed by atoms with Gasteiger partial charge in [0.1, 0.15) is 5.82 Å². The maximum Gasteiger partial charge on any atom is 0.168 e. The van der Waals surface area contributed by atoms with Gasteiger partial charge in [-0.3, -0.25) is 0 Å². The quantitative estimate of drug-likeness (QED) is 0.760. The zero-order valence-corrected chi connectivity index (χ0v) is 7.04. The summed E-state index contributed by atoms with van der Waals surface area (Å²) in [6.45, 7) is 0. The molecule has 1 unspecified atom stereocenters. The van der Waals surface area contributed by atoms with E-state index in [1.807, 2.05) is 0 Å². The summed E-state index contributed by atoms with van der Waals surface area (Å²) < 4.78 is 25.4. The van der Waals surface area contributed by atoms with Crippen LogP contribution in [0.25, 0.3) is 0 Å².